The van der Waals surface area contributed by atoms with Crippen molar-refractivity contribution in [2.24, 2.45) is 5.92 Å². The van der Waals surface area contributed by atoms with Gasteiger partial charge in [-0.15, -0.1) is 0 Å². The Balaban J connectivity index is 2.82. The molecular formula is C12H15FN2O3. The number of amides is 1. The molecule has 5 nitrogen and oxygen atoms in total. The first-order chi connectivity index (χ1) is 8.45. The minimum Gasteiger partial charge on any atom is -0.467 e. The maximum absolute atomic E-state index is 12.9. The standard InChI is InChI=1S/C12H15FN2O3/c1-7(2)10(12(17)18-3)15-11(16)8-5-4-6-9(13)14-8/h4-7,10H,1-3H3,(H,15,16)/t10-/m0/s1. The van der Waals surface area contributed by atoms with Crippen LogP contribution in [0.3, 0.4) is 0 Å². The zero-order valence-corrected chi connectivity index (χ0v) is 10.4. The van der Waals surface area contributed by atoms with Gasteiger partial charge in [-0.25, -0.2) is 9.78 Å². The van der Waals surface area contributed by atoms with Crippen molar-refractivity contribution >= 4 is 11.9 Å². The zero-order valence-electron chi connectivity index (χ0n) is 10.4. The van der Waals surface area contributed by atoms with Gasteiger partial charge in [0.25, 0.3) is 5.91 Å². The van der Waals surface area contributed by atoms with Crippen molar-refractivity contribution in [2.75, 3.05) is 7.11 Å². The summed E-state index contributed by atoms with van der Waals surface area (Å²) in [6.45, 7) is 3.53. The molecule has 0 aliphatic heterocycles. The number of carbonyl (C=O) groups is 2. The first kappa shape index (κ1) is 14.1. The molecule has 0 unspecified atom stereocenters. The lowest BCUT2D eigenvalue weighted by Gasteiger charge is -2.19. The van der Waals surface area contributed by atoms with Gasteiger partial charge in [-0.1, -0.05) is 19.9 Å². The van der Waals surface area contributed by atoms with Crippen molar-refractivity contribution in [3.63, 3.8) is 0 Å². The first-order valence-electron chi connectivity index (χ1n) is 5.47. The molecular weight excluding hydrogens is 239 g/mol. The topological polar surface area (TPSA) is 68.3 Å². The van der Waals surface area contributed by atoms with E-state index >= 15 is 0 Å². The first-order valence-corrected chi connectivity index (χ1v) is 5.47. The van der Waals surface area contributed by atoms with Crippen LogP contribution in [0.4, 0.5) is 4.39 Å². The van der Waals surface area contributed by atoms with Gasteiger partial charge in [-0.2, -0.15) is 4.39 Å². The summed E-state index contributed by atoms with van der Waals surface area (Å²) in [6.07, 6.45) is 0. The number of pyridine rings is 1. The summed E-state index contributed by atoms with van der Waals surface area (Å²) in [5.74, 6) is -2.05. The molecule has 6 heteroatoms. The molecule has 1 heterocycles. The summed E-state index contributed by atoms with van der Waals surface area (Å²) in [5.41, 5.74) is -0.0791. The molecule has 0 saturated heterocycles. The smallest absolute Gasteiger partial charge is 0.328 e. The molecule has 1 atom stereocenters. The maximum Gasteiger partial charge on any atom is 0.328 e. The minimum absolute atomic E-state index is 0.0791. The van der Waals surface area contributed by atoms with E-state index in [1.807, 2.05) is 0 Å². The predicted octanol–water partition coefficient (Wildman–Crippen LogP) is 1.15. The van der Waals surface area contributed by atoms with Gasteiger partial charge in [0.1, 0.15) is 11.7 Å². The summed E-state index contributed by atoms with van der Waals surface area (Å²) >= 11 is 0. The van der Waals surface area contributed by atoms with Crippen LogP contribution in [0, 0.1) is 11.9 Å². The highest BCUT2D eigenvalue weighted by atomic mass is 19.1. The second kappa shape index (κ2) is 6.09. The normalized spacial score (nSPS) is 12.1. The minimum atomic E-state index is -0.785. The highest BCUT2D eigenvalue weighted by Gasteiger charge is 2.25. The van der Waals surface area contributed by atoms with E-state index in [-0.39, 0.29) is 11.6 Å². The summed E-state index contributed by atoms with van der Waals surface area (Å²) in [4.78, 5) is 26.7. The molecule has 0 fully saturated rings. The van der Waals surface area contributed by atoms with Crippen molar-refractivity contribution in [3.05, 3.63) is 29.8 Å². The molecule has 0 aliphatic carbocycles. The van der Waals surface area contributed by atoms with E-state index in [0.29, 0.717) is 0 Å². The molecule has 0 aromatic carbocycles. The van der Waals surface area contributed by atoms with Crippen molar-refractivity contribution in [1.29, 1.82) is 0 Å². The Bertz CT molecular complexity index is 449. The van der Waals surface area contributed by atoms with Crippen molar-refractivity contribution in [2.45, 2.75) is 19.9 Å². The molecule has 0 radical (unpaired) electrons. The number of carbonyl (C=O) groups excluding carboxylic acids is 2. The van der Waals surface area contributed by atoms with E-state index in [1.165, 1.54) is 19.2 Å². The third-order valence-electron chi connectivity index (χ3n) is 2.36. The maximum atomic E-state index is 12.9. The molecule has 1 aromatic rings. The largest absolute Gasteiger partial charge is 0.467 e. The number of hydrogen-bond donors (Lipinski definition) is 1. The number of ether oxygens (including phenoxy) is 1. The Hall–Kier alpha value is -1.98. The van der Waals surface area contributed by atoms with Crippen LogP contribution in [0.5, 0.6) is 0 Å². The number of nitrogens with one attached hydrogen (secondary N) is 1. The van der Waals surface area contributed by atoms with Gasteiger partial charge in [0.05, 0.1) is 7.11 Å². The summed E-state index contributed by atoms with van der Waals surface area (Å²) in [5, 5.41) is 2.47. The van der Waals surface area contributed by atoms with Crippen LogP contribution in [0.15, 0.2) is 18.2 Å². The molecule has 0 bridgehead atoms. The Morgan fingerprint density at radius 2 is 2.06 bits per heavy atom. The van der Waals surface area contributed by atoms with E-state index in [2.05, 4.69) is 15.0 Å². The molecule has 0 saturated carbocycles. The molecule has 0 aliphatic rings. The number of methoxy groups -OCH3 is 1. The average molecular weight is 254 g/mol. The van der Waals surface area contributed by atoms with Crippen LogP contribution in [-0.4, -0.2) is 30.0 Å². The molecule has 1 amide bonds. The predicted molar refractivity (Wildman–Crippen MR) is 62.3 cm³/mol. The molecule has 1 N–H and O–H groups in total. The number of esters is 1. The molecule has 98 valence electrons. The summed E-state index contributed by atoms with van der Waals surface area (Å²) < 4.78 is 17.5. The van der Waals surface area contributed by atoms with Crippen LogP contribution in [0.25, 0.3) is 0 Å². The highest BCUT2D eigenvalue weighted by molar-refractivity contribution is 5.95. The van der Waals surface area contributed by atoms with Gasteiger partial charge in [-0.05, 0) is 18.1 Å². The van der Waals surface area contributed by atoms with Gasteiger partial charge in [-0.3, -0.25) is 4.79 Å². The van der Waals surface area contributed by atoms with Gasteiger partial charge in [0.15, 0.2) is 0 Å². The van der Waals surface area contributed by atoms with Gasteiger partial charge in [0, 0.05) is 0 Å². The Morgan fingerprint density at radius 1 is 1.39 bits per heavy atom. The van der Waals surface area contributed by atoms with E-state index in [9.17, 15) is 14.0 Å². The number of rotatable bonds is 4. The summed E-state index contributed by atoms with van der Waals surface area (Å²) in [7, 11) is 1.24. The van der Waals surface area contributed by atoms with Crippen LogP contribution < -0.4 is 5.32 Å². The second-order valence-corrected chi connectivity index (χ2v) is 4.06. The lowest BCUT2D eigenvalue weighted by atomic mass is 10.0. The molecule has 1 aromatic heterocycles. The summed E-state index contributed by atoms with van der Waals surface area (Å²) in [6, 6.07) is 3.09. The van der Waals surface area contributed by atoms with Crippen molar-refractivity contribution in [3.8, 4) is 0 Å². The fourth-order valence-corrected chi connectivity index (χ4v) is 1.37. The van der Waals surface area contributed by atoms with Gasteiger partial charge >= 0.3 is 5.97 Å². The Labute approximate surface area is 104 Å². The van der Waals surface area contributed by atoms with Gasteiger partial charge < -0.3 is 10.1 Å². The number of halogens is 1. The molecule has 0 spiro atoms. The lowest BCUT2D eigenvalue weighted by molar-refractivity contribution is -0.144. The number of hydrogen-bond acceptors (Lipinski definition) is 4. The lowest BCUT2D eigenvalue weighted by Crippen LogP contribution is -2.45. The van der Waals surface area contributed by atoms with E-state index < -0.39 is 23.9 Å². The monoisotopic (exact) mass is 254 g/mol. The quantitative estimate of drug-likeness (QED) is 0.646. The van der Waals surface area contributed by atoms with Crippen LogP contribution >= 0.6 is 0 Å². The van der Waals surface area contributed by atoms with Crippen molar-refractivity contribution in [1.82, 2.24) is 10.3 Å². The van der Waals surface area contributed by atoms with E-state index in [4.69, 9.17) is 0 Å². The Kier molecular flexibility index (Phi) is 4.76. The Morgan fingerprint density at radius 3 is 2.56 bits per heavy atom. The van der Waals surface area contributed by atoms with E-state index in [1.54, 1.807) is 13.8 Å². The third kappa shape index (κ3) is 3.51. The number of aromatic nitrogens is 1. The van der Waals surface area contributed by atoms with Crippen LogP contribution in [0.1, 0.15) is 24.3 Å². The highest BCUT2D eigenvalue weighted by Crippen LogP contribution is 2.05. The number of nitrogens with zero attached hydrogens (tertiary/aromatic N) is 1. The third-order valence-corrected chi connectivity index (χ3v) is 2.36. The average Bonchev–Trinajstić information content (AvgIpc) is 2.34. The van der Waals surface area contributed by atoms with Gasteiger partial charge in [0.2, 0.25) is 5.95 Å². The molecule has 1 rings (SSSR count). The SMILES string of the molecule is COC(=O)[C@@H](NC(=O)c1cccc(F)n1)C(C)C. The van der Waals surface area contributed by atoms with Crippen molar-refractivity contribution < 1.29 is 18.7 Å². The van der Waals surface area contributed by atoms with E-state index in [0.717, 1.165) is 6.07 Å². The second-order valence-electron chi connectivity index (χ2n) is 4.06. The fraction of sp³-hybridized carbons (Fsp3) is 0.417. The fourth-order valence-electron chi connectivity index (χ4n) is 1.37. The molecule has 18 heavy (non-hydrogen) atoms. The van der Waals surface area contributed by atoms with Crippen LogP contribution in [-0.2, 0) is 9.53 Å². The zero-order chi connectivity index (χ0) is 13.7. The van der Waals surface area contributed by atoms with Crippen LogP contribution in [0.2, 0.25) is 0 Å².